The number of nitrogens with one attached hydrogen (secondary N) is 5. The van der Waals surface area contributed by atoms with E-state index in [1.165, 1.54) is 30.1 Å². The van der Waals surface area contributed by atoms with Gasteiger partial charge in [-0.25, -0.2) is 19.3 Å². The molecular weight excluding hydrogens is 688 g/mol. The van der Waals surface area contributed by atoms with Gasteiger partial charge in [0.15, 0.2) is 5.69 Å². The van der Waals surface area contributed by atoms with Gasteiger partial charge in [0.05, 0.1) is 22.5 Å². The Labute approximate surface area is 306 Å². The number of rotatable bonds is 13. The Balaban J connectivity index is 1.17. The molecule has 0 amide bonds. The monoisotopic (exact) mass is 734 g/mol. The summed E-state index contributed by atoms with van der Waals surface area (Å²) in [5.74, 6) is -0.00787. The first-order valence-corrected chi connectivity index (χ1v) is 18.2. The molecule has 53 heavy (non-hydrogen) atoms. The molecule has 4 heterocycles. The van der Waals surface area contributed by atoms with Crippen molar-refractivity contribution in [3.8, 4) is 17.3 Å². The summed E-state index contributed by atoms with van der Waals surface area (Å²) in [5.41, 5.74) is 4.57. The van der Waals surface area contributed by atoms with Crippen molar-refractivity contribution < 1.29 is 22.3 Å². The Morgan fingerprint density at radius 3 is 2.42 bits per heavy atom. The Kier molecular flexibility index (Phi) is 9.81. The maximum absolute atomic E-state index is 15.6. The van der Waals surface area contributed by atoms with E-state index in [1.807, 2.05) is 19.0 Å². The lowest BCUT2D eigenvalue weighted by Crippen LogP contribution is -2.42. The predicted molar refractivity (Wildman–Crippen MR) is 195 cm³/mol. The van der Waals surface area contributed by atoms with Crippen LogP contribution in [0, 0.1) is 28.0 Å². The van der Waals surface area contributed by atoms with Gasteiger partial charge in [0, 0.05) is 105 Å². The molecule has 11 nitrogen and oxygen atoms in total. The Morgan fingerprint density at radius 1 is 1.04 bits per heavy atom. The van der Waals surface area contributed by atoms with Crippen molar-refractivity contribution in [2.24, 2.45) is 18.4 Å². The van der Waals surface area contributed by atoms with Crippen LogP contribution in [0.25, 0.3) is 11.4 Å². The highest BCUT2D eigenvalue weighted by molar-refractivity contribution is 6.14. The van der Waals surface area contributed by atoms with Crippen LogP contribution < -0.4 is 25.6 Å². The highest BCUT2D eigenvalue weighted by atomic mass is 19.4. The van der Waals surface area contributed by atoms with Crippen molar-refractivity contribution in [2.75, 3.05) is 51.8 Å². The number of hydrogen-bond acceptors (Lipinski definition) is 10. The largest absolute Gasteiger partial charge is 0.476 e. The summed E-state index contributed by atoms with van der Waals surface area (Å²) >= 11 is 0. The van der Waals surface area contributed by atoms with Gasteiger partial charge in [-0.3, -0.25) is 5.41 Å². The molecular formula is C38H46F4N10O. The molecule has 3 aromatic rings. The minimum atomic E-state index is -4.65. The van der Waals surface area contributed by atoms with Crippen molar-refractivity contribution in [1.82, 2.24) is 35.5 Å². The molecule has 2 saturated carbocycles. The van der Waals surface area contributed by atoms with Gasteiger partial charge in [-0.15, -0.1) is 0 Å². The van der Waals surface area contributed by atoms with Gasteiger partial charge in [0.25, 0.3) is 0 Å². The Bertz CT molecular complexity index is 1990. The maximum atomic E-state index is 15.6. The Morgan fingerprint density at radius 2 is 1.77 bits per heavy atom. The Hall–Kier alpha value is -4.79. The normalized spacial score (nSPS) is 19.3. The highest BCUT2D eigenvalue weighted by Crippen LogP contribution is 2.49. The SMILES string of the molecule is CNC1=C(C(=N)c2c(OCC(C)(C(=N)C3=C(NC)CCNC3)C3CC3)ncnc2C2CC2)CN(c2ccc(-c3nc(C(F)(F)F)cn3C)c(F)c2)CC1. The minimum absolute atomic E-state index is 0.0371. The van der Waals surface area contributed by atoms with Crippen molar-refractivity contribution in [3.63, 3.8) is 0 Å². The average molecular weight is 735 g/mol. The molecule has 2 aliphatic heterocycles. The fraction of sp³-hybridized carbons (Fsp3) is 0.500. The molecule has 0 bridgehead atoms. The van der Waals surface area contributed by atoms with Gasteiger partial charge in [0.1, 0.15) is 24.6 Å². The molecule has 282 valence electrons. The third-order valence-corrected chi connectivity index (χ3v) is 11.1. The standard InChI is InChI=1S/C38H46F4N10O/c1-37(22-7-8-22,34(44)25-16-47-13-11-28(25)45-2)19-53-36-31(33(21-5-6-21)48-20-49-36)32(43)26-17-52(14-12-29(26)46-3)23-9-10-24(27(39)15-23)35-50-30(18-51(35)4)38(40,41)42/h9-10,15,18,20-22,43-47H,5-8,11-14,16-17,19H2,1-4H3. The molecule has 2 fully saturated rings. The average Bonchev–Trinajstić information content (AvgIpc) is 4.10. The second-order valence-electron chi connectivity index (χ2n) is 14.7. The second-order valence-corrected chi connectivity index (χ2v) is 14.7. The van der Waals surface area contributed by atoms with Gasteiger partial charge in [-0.05, 0) is 56.2 Å². The number of nitrogens with zero attached hydrogens (tertiary/aromatic N) is 5. The molecule has 1 aromatic carbocycles. The number of hydrogen-bond donors (Lipinski definition) is 5. The molecule has 5 N–H and O–H groups in total. The summed E-state index contributed by atoms with van der Waals surface area (Å²) in [7, 11) is 5.12. The lowest BCUT2D eigenvalue weighted by atomic mass is 9.76. The number of aryl methyl sites for hydroxylation is 1. The highest BCUT2D eigenvalue weighted by Gasteiger charge is 2.47. The van der Waals surface area contributed by atoms with Gasteiger partial charge in [-0.1, -0.05) is 6.92 Å². The maximum Gasteiger partial charge on any atom is 0.434 e. The van der Waals surface area contributed by atoms with E-state index >= 15 is 4.39 Å². The smallest absolute Gasteiger partial charge is 0.434 e. The van der Waals surface area contributed by atoms with E-state index in [0.29, 0.717) is 53.8 Å². The first-order valence-electron chi connectivity index (χ1n) is 18.2. The van der Waals surface area contributed by atoms with E-state index < -0.39 is 23.1 Å². The van der Waals surface area contributed by atoms with Gasteiger partial charge in [0.2, 0.25) is 5.88 Å². The van der Waals surface area contributed by atoms with E-state index in [9.17, 15) is 24.0 Å². The second kappa shape index (κ2) is 14.2. The van der Waals surface area contributed by atoms with Crippen LogP contribution >= 0.6 is 0 Å². The van der Waals surface area contributed by atoms with Crippen LogP contribution in [-0.4, -0.2) is 77.8 Å². The molecule has 2 aliphatic carbocycles. The quantitative estimate of drug-likeness (QED) is 0.107. The van der Waals surface area contributed by atoms with Crippen LogP contribution in [0.4, 0.5) is 23.2 Å². The van der Waals surface area contributed by atoms with Gasteiger partial charge >= 0.3 is 6.18 Å². The summed E-state index contributed by atoms with van der Waals surface area (Å²) in [6, 6.07) is 4.43. The summed E-state index contributed by atoms with van der Waals surface area (Å²) in [5, 5.41) is 29.1. The third-order valence-electron chi connectivity index (χ3n) is 11.1. The topological polar surface area (TPSA) is 140 Å². The van der Waals surface area contributed by atoms with Crippen molar-refractivity contribution in [1.29, 1.82) is 10.8 Å². The summed E-state index contributed by atoms with van der Waals surface area (Å²) in [6.45, 7) is 4.61. The molecule has 7 rings (SSSR count). The molecule has 0 spiro atoms. The number of ether oxygens (including phenoxy) is 1. The van der Waals surface area contributed by atoms with Crippen molar-refractivity contribution in [2.45, 2.75) is 57.5 Å². The lowest BCUT2D eigenvalue weighted by Gasteiger charge is -2.35. The molecule has 4 aliphatic rings. The molecule has 1 atom stereocenters. The number of aromatic nitrogens is 4. The van der Waals surface area contributed by atoms with Crippen LogP contribution in [0.2, 0.25) is 0 Å². The zero-order valence-corrected chi connectivity index (χ0v) is 30.5. The molecule has 15 heteroatoms. The first kappa shape index (κ1) is 36.6. The van der Waals surface area contributed by atoms with E-state index in [2.05, 4.69) is 37.8 Å². The fourth-order valence-electron chi connectivity index (χ4n) is 7.65. The van der Waals surface area contributed by atoms with Crippen LogP contribution in [-0.2, 0) is 13.2 Å². The number of halogens is 4. The third kappa shape index (κ3) is 7.15. The molecule has 0 saturated heterocycles. The zero-order valence-electron chi connectivity index (χ0n) is 30.5. The summed E-state index contributed by atoms with van der Waals surface area (Å²) in [6.07, 6.45) is 3.01. The predicted octanol–water partition coefficient (Wildman–Crippen LogP) is 5.95. The van der Waals surface area contributed by atoms with Crippen LogP contribution in [0.3, 0.4) is 0 Å². The summed E-state index contributed by atoms with van der Waals surface area (Å²) < 4.78 is 63.3. The molecule has 0 radical (unpaired) electrons. The van der Waals surface area contributed by atoms with E-state index in [4.69, 9.17) is 4.74 Å². The number of alkyl halides is 3. The first-order chi connectivity index (χ1) is 25.3. The van der Waals surface area contributed by atoms with Crippen LogP contribution in [0.5, 0.6) is 5.88 Å². The van der Waals surface area contributed by atoms with Gasteiger partial charge < -0.3 is 35.6 Å². The van der Waals surface area contributed by atoms with Crippen molar-refractivity contribution in [3.05, 3.63) is 76.0 Å². The zero-order chi connectivity index (χ0) is 37.7. The molecule has 2 aromatic heterocycles. The summed E-state index contributed by atoms with van der Waals surface area (Å²) in [4.78, 5) is 14.9. The number of imidazole rings is 1. The minimum Gasteiger partial charge on any atom is -0.476 e. The number of benzene rings is 1. The van der Waals surface area contributed by atoms with Crippen LogP contribution in [0.15, 0.2) is 53.3 Å². The van der Waals surface area contributed by atoms with Gasteiger partial charge in [-0.2, -0.15) is 13.2 Å². The molecule has 1 unspecified atom stereocenters. The van der Waals surface area contributed by atoms with E-state index in [1.54, 1.807) is 6.07 Å². The van der Waals surface area contributed by atoms with Crippen LogP contribution in [0.1, 0.15) is 68.3 Å². The van der Waals surface area contributed by atoms with E-state index in [-0.39, 0.29) is 36.2 Å². The lowest BCUT2D eigenvalue weighted by molar-refractivity contribution is -0.140. The van der Waals surface area contributed by atoms with E-state index in [0.717, 1.165) is 67.5 Å². The fourth-order valence-corrected chi connectivity index (χ4v) is 7.65. The number of anilines is 1. The van der Waals surface area contributed by atoms with Crippen molar-refractivity contribution >= 4 is 17.1 Å².